The fraction of sp³-hybridized carbons (Fsp3) is 0.316. The Morgan fingerprint density at radius 1 is 1.00 bits per heavy atom. The summed E-state index contributed by atoms with van der Waals surface area (Å²) in [6.07, 6.45) is 4.20. The van der Waals surface area contributed by atoms with Crippen LogP contribution in [0.2, 0.25) is 0 Å². The number of amides is 1. The molecule has 132 valence electrons. The van der Waals surface area contributed by atoms with Crippen LogP contribution in [0.4, 0.5) is 0 Å². The number of carboxylic acid groups (broad SMARTS) is 1. The summed E-state index contributed by atoms with van der Waals surface area (Å²) < 4.78 is 0. The number of ketones is 1. The van der Waals surface area contributed by atoms with Crippen LogP contribution in [0.3, 0.4) is 0 Å². The first-order valence-electron chi connectivity index (χ1n) is 8.22. The molecule has 1 aromatic heterocycles. The van der Waals surface area contributed by atoms with Gasteiger partial charge in [0, 0.05) is 29.1 Å². The predicted octanol–water partition coefficient (Wildman–Crippen LogP) is 3.01. The van der Waals surface area contributed by atoms with Gasteiger partial charge in [-0.2, -0.15) is 0 Å². The number of nitrogens with one attached hydrogen (secondary N) is 2. The van der Waals surface area contributed by atoms with Crippen molar-refractivity contribution < 1.29 is 19.5 Å². The number of aromatic nitrogens is 1. The van der Waals surface area contributed by atoms with Crippen molar-refractivity contribution in [3.63, 3.8) is 0 Å². The lowest BCUT2D eigenvalue weighted by atomic mass is 9.88. The molecular formula is C19H22N2O4. The number of aromatic amines is 1. The molecule has 1 amide bonds. The number of carbonyl (C=O) groups excluding carboxylic acids is 2. The summed E-state index contributed by atoms with van der Waals surface area (Å²) in [5.41, 5.74) is 0.651. The highest BCUT2D eigenvalue weighted by molar-refractivity contribution is 6.09. The molecule has 0 fully saturated rings. The van der Waals surface area contributed by atoms with Gasteiger partial charge in [0.05, 0.1) is 12.0 Å². The standard InChI is InChI=1S/C19H22N2O4/c1-3-19(4-2,11-16(22)23)21-18(25)14-7-5-13(6-8-14)17(24)15-9-10-20-12-15/h5-10,12,20H,3-4,11H2,1-2H3,(H,21,25)(H,22,23). The maximum atomic E-state index is 12.5. The molecule has 3 N–H and O–H groups in total. The van der Waals surface area contributed by atoms with Gasteiger partial charge in [-0.15, -0.1) is 0 Å². The number of carbonyl (C=O) groups is 3. The van der Waals surface area contributed by atoms with Gasteiger partial charge in [-0.1, -0.05) is 26.0 Å². The van der Waals surface area contributed by atoms with Crippen LogP contribution in [0, 0.1) is 0 Å². The molecule has 0 aliphatic heterocycles. The van der Waals surface area contributed by atoms with E-state index >= 15 is 0 Å². The summed E-state index contributed by atoms with van der Waals surface area (Å²) >= 11 is 0. The van der Waals surface area contributed by atoms with Crippen molar-refractivity contribution in [2.24, 2.45) is 0 Å². The normalized spacial score (nSPS) is 11.1. The zero-order valence-electron chi connectivity index (χ0n) is 14.3. The second-order valence-electron chi connectivity index (χ2n) is 6.02. The van der Waals surface area contributed by atoms with Crippen molar-refractivity contribution in [2.75, 3.05) is 0 Å². The third kappa shape index (κ3) is 4.35. The highest BCUT2D eigenvalue weighted by Gasteiger charge is 2.31. The fourth-order valence-electron chi connectivity index (χ4n) is 2.73. The van der Waals surface area contributed by atoms with E-state index in [0.717, 1.165) is 0 Å². The molecule has 1 aromatic carbocycles. The van der Waals surface area contributed by atoms with Crippen molar-refractivity contribution in [3.8, 4) is 0 Å². The number of rotatable bonds is 8. The Morgan fingerprint density at radius 3 is 2.08 bits per heavy atom. The number of carboxylic acids is 1. The molecule has 0 bridgehead atoms. The molecule has 1 heterocycles. The summed E-state index contributed by atoms with van der Waals surface area (Å²) in [7, 11) is 0. The highest BCUT2D eigenvalue weighted by atomic mass is 16.4. The first kappa shape index (κ1) is 18.4. The van der Waals surface area contributed by atoms with E-state index in [2.05, 4.69) is 10.3 Å². The van der Waals surface area contributed by atoms with E-state index in [1.807, 2.05) is 13.8 Å². The lowest BCUT2D eigenvalue weighted by molar-refractivity contribution is -0.138. The van der Waals surface area contributed by atoms with Crippen molar-refractivity contribution in [1.82, 2.24) is 10.3 Å². The Kier molecular flexibility index (Phi) is 5.75. The molecule has 0 atom stereocenters. The summed E-state index contributed by atoms with van der Waals surface area (Å²) in [5, 5.41) is 11.9. The van der Waals surface area contributed by atoms with E-state index in [0.29, 0.717) is 29.5 Å². The molecule has 6 heteroatoms. The zero-order chi connectivity index (χ0) is 18.4. The molecule has 6 nitrogen and oxygen atoms in total. The molecule has 0 spiro atoms. The number of aliphatic carboxylic acids is 1. The van der Waals surface area contributed by atoms with Crippen LogP contribution in [-0.4, -0.2) is 33.3 Å². The average molecular weight is 342 g/mol. The summed E-state index contributed by atoms with van der Waals surface area (Å²) in [6.45, 7) is 3.71. The van der Waals surface area contributed by atoms with E-state index in [-0.39, 0.29) is 18.1 Å². The largest absolute Gasteiger partial charge is 0.481 e. The van der Waals surface area contributed by atoms with E-state index in [1.54, 1.807) is 42.7 Å². The van der Waals surface area contributed by atoms with Gasteiger partial charge in [0.2, 0.25) is 0 Å². The molecule has 25 heavy (non-hydrogen) atoms. The Balaban J connectivity index is 2.14. The summed E-state index contributed by atoms with van der Waals surface area (Å²) in [4.78, 5) is 38.6. The van der Waals surface area contributed by atoms with Crippen LogP contribution >= 0.6 is 0 Å². The van der Waals surface area contributed by atoms with E-state index < -0.39 is 11.5 Å². The summed E-state index contributed by atoms with van der Waals surface area (Å²) in [5.74, 6) is -1.42. The Morgan fingerprint density at radius 2 is 1.60 bits per heavy atom. The van der Waals surface area contributed by atoms with Crippen LogP contribution in [0.5, 0.6) is 0 Å². The molecule has 0 radical (unpaired) electrons. The van der Waals surface area contributed by atoms with Gasteiger partial charge in [-0.25, -0.2) is 0 Å². The molecule has 0 aliphatic rings. The fourth-order valence-corrected chi connectivity index (χ4v) is 2.73. The molecular weight excluding hydrogens is 320 g/mol. The lowest BCUT2D eigenvalue weighted by Gasteiger charge is -2.31. The van der Waals surface area contributed by atoms with Crippen LogP contribution in [0.25, 0.3) is 0 Å². The first-order chi connectivity index (χ1) is 11.9. The van der Waals surface area contributed by atoms with Gasteiger partial charge in [0.25, 0.3) is 5.91 Å². The topological polar surface area (TPSA) is 99.3 Å². The molecule has 2 rings (SSSR count). The van der Waals surface area contributed by atoms with Gasteiger partial charge >= 0.3 is 5.97 Å². The number of benzene rings is 1. The zero-order valence-corrected chi connectivity index (χ0v) is 14.3. The van der Waals surface area contributed by atoms with Gasteiger partial charge < -0.3 is 15.4 Å². The smallest absolute Gasteiger partial charge is 0.305 e. The van der Waals surface area contributed by atoms with Crippen molar-refractivity contribution in [1.29, 1.82) is 0 Å². The van der Waals surface area contributed by atoms with Gasteiger partial charge in [0.15, 0.2) is 5.78 Å². The van der Waals surface area contributed by atoms with E-state index in [1.165, 1.54) is 0 Å². The quantitative estimate of drug-likeness (QED) is 0.642. The van der Waals surface area contributed by atoms with Gasteiger partial charge in [0.1, 0.15) is 0 Å². The lowest BCUT2D eigenvalue weighted by Crippen LogP contribution is -2.49. The summed E-state index contributed by atoms with van der Waals surface area (Å²) in [6, 6.07) is 8.03. The molecule has 0 saturated heterocycles. The number of hydrogen-bond donors (Lipinski definition) is 3. The van der Waals surface area contributed by atoms with Crippen molar-refractivity contribution >= 4 is 17.7 Å². The van der Waals surface area contributed by atoms with Crippen LogP contribution in [0.1, 0.15) is 59.4 Å². The van der Waals surface area contributed by atoms with E-state index in [9.17, 15) is 14.4 Å². The Bertz CT molecular complexity index is 744. The minimum Gasteiger partial charge on any atom is -0.481 e. The molecule has 2 aromatic rings. The Hall–Kier alpha value is -2.89. The van der Waals surface area contributed by atoms with Crippen molar-refractivity contribution in [3.05, 3.63) is 59.4 Å². The van der Waals surface area contributed by atoms with E-state index in [4.69, 9.17) is 5.11 Å². The highest BCUT2D eigenvalue weighted by Crippen LogP contribution is 2.21. The maximum Gasteiger partial charge on any atom is 0.305 e. The van der Waals surface area contributed by atoms with Crippen LogP contribution in [0.15, 0.2) is 42.7 Å². The predicted molar refractivity (Wildman–Crippen MR) is 93.7 cm³/mol. The first-order valence-corrected chi connectivity index (χ1v) is 8.22. The third-order valence-corrected chi connectivity index (χ3v) is 4.49. The minimum atomic E-state index is -0.948. The number of hydrogen-bond acceptors (Lipinski definition) is 3. The molecule has 0 unspecified atom stereocenters. The molecule has 0 aliphatic carbocycles. The Labute approximate surface area is 146 Å². The van der Waals surface area contributed by atoms with Gasteiger partial charge in [-0.3, -0.25) is 14.4 Å². The van der Waals surface area contributed by atoms with Crippen LogP contribution in [-0.2, 0) is 4.79 Å². The van der Waals surface area contributed by atoms with Gasteiger partial charge in [-0.05, 0) is 31.0 Å². The second kappa shape index (κ2) is 7.79. The number of H-pyrrole nitrogens is 1. The minimum absolute atomic E-state index is 0.129. The maximum absolute atomic E-state index is 12.5. The average Bonchev–Trinajstić information content (AvgIpc) is 3.14. The second-order valence-corrected chi connectivity index (χ2v) is 6.02. The van der Waals surface area contributed by atoms with Crippen molar-refractivity contribution in [2.45, 2.75) is 38.6 Å². The van der Waals surface area contributed by atoms with Crippen LogP contribution < -0.4 is 5.32 Å². The monoisotopic (exact) mass is 342 g/mol. The third-order valence-electron chi connectivity index (χ3n) is 4.49. The molecule has 0 saturated carbocycles. The SMILES string of the molecule is CCC(CC)(CC(=O)O)NC(=O)c1ccc(C(=O)c2cc[nH]c2)cc1.